The first-order valence-electron chi connectivity index (χ1n) is 9.10. The molecular formula is C21H22N2O4S2. The lowest BCUT2D eigenvalue weighted by Crippen LogP contribution is -2.44. The fourth-order valence-electron chi connectivity index (χ4n) is 2.61. The number of hydrogen-bond donors (Lipinski definition) is 1. The number of fused-ring (bicyclic) bond motifs is 1. The second-order valence-electron chi connectivity index (χ2n) is 6.78. The number of para-hydroxylation sites is 1. The van der Waals surface area contributed by atoms with Crippen LogP contribution in [-0.4, -0.2) is 25.4 Å². The first-order valence-corrected chi connectivity index (χ1v) is 11.5. The van der Waals surface area contributed by atoms with Gasteiger partial charge < -0.3 is 4.74 Å². The Balaban J connectivity index is 1.64. The van der Waals surface area contributed by atoms with E-state index >= 15 is 0 Å². The quantitative estimate of drug-likeness (QED) is 0.547. The maximum atomic E-state index is 12.5. The Bertz CT molecular complexity index is 1070. The van der Waals surface area contributed by atoms with Gasteiger partial charge in [-0.05, 0) is 29.7 Å². The fourth-order valence-corrected chi connectivity index (χ4v) is 4.63. The van der Waals surface area contributed by atoms with E-state index in [0.717, 1.165) is 21.2 Å². The summed E-state index contributed by atoms with van der Waals surface area (Å²) in [4.78, 5) is 16.9. The van der Waals surface area contributed by atoms with E-state index in [1.54, 1.807) is 26.0 Å². The summed E-state index contributed by atoms with van der Waals surface area (Å²) >= 11 is 1.44. The zero-order valence-corrected chi connectivity index (χ0v) is 17.7. The van der Waals surface area contributed by atoms with Crippen LogP contribution in [0.2, 0.25) is 0 Å². The van der Waals surface area contributed by atoms with Crippen molar-refractivity contribution in [2.24, 2.45) is 5.92 Å². The number of rotatable bonds is 8. The minimum Gasteiger partial charge on any atom is -0.457 e. The molecule has 0 saturated heterocycles. The molecule has 1 N–H and O–H groups in total. The van der Waals surface area contributed by atoms with Crippen LogP contribution in [0.15, 0.2) is 60.0 Å². The summed E-state index contributed by atoms with van der Waals surface area (Å²) in [6.45, 7) is 3.52. The molecule has 1 atom stereocenters. The normalized spacial score (nSPS) is 13.2. The summed E-state index contributed by atoms with van der Waals surface area (Å²) in [6.07, 6.45) is 1.48. The number of carbonyl (C=O) groups is 1. The van der Waals surface area contributed by atoms with E-state index in [9.17, 15) is 13.2 Å². The predicted octanol–water partition coefficient (Wildman–Crippen LogP) is 3.95. The minimum atomic E-state index is -3.82. The van der Waals surface area contributed by atoms with Crippen molar-refractivity contribution in [2.45, 2.75) is 26.5 Å². The van der Waals surface area contributed by atoms with E-state index in [1.165, 1.54) is 17.4 Å². The van der Waals surface area contributed by atoms with Gasteiger partial charge in [-0.15, -0.1) is 11.3 Å². The van der Waals surface area contributed by atoms with E-state index in [4.69, 9.17) is 4.74 Å². The van der Waals surface area contributed by atoms with Crippen molar-refractivity contribution in [3.05, 3.63) is 70.6 Å². The third-order valence-electron chi connectivity index (χ3n) is 4.13. The van der Waals surface area contributed by atoms with Crippen LogP contribution >= 0.6 is 11.3 Å². The van der Waals surface area contributed by atoms with Crippen LogP contribution in [0.3, 0.4) is 0 Å². The van der Waals surface area contributed by atoms with E-state index in [2.05, 4.69) is 9.71 Å². The van der Waals surface area contributed by atoms with Gasteiger partial charge in [-0.1, -0.05) is 56.3 Å². The van der Waals surface area contributed by atoms with Crippen LogP contribution in [0, 0.1) is 5.92 Å². The summed E-state index contributed by atoms with van der Waals surface area (Å²) in [5.74, 6) is -0.909. The molecule has 0 bridgehead atoms. The van der Waals surface area contributed by atoms with E-state index in [1.807, 2.05) is 42.5 Å². The van der Waals surface area contributed by atoms with Gasteiger partial charge in [0.25, 0.3) is 0 Å². The first-order chi connectivity index (χ1) is 13.8. The summed E-state index contributed by atoms with van der Waals surface area (Å²) < 4.78 is 33.6. The van der Waals surface area contributed by atoms with Crippen molar-refractivity contribution in [3.63, 3.8) is 0 Å². The van der Waals surface area contributed by atoms with Gasteiger partial charge in [-0.3, -0.25) is 4.79 Å². The molecule has 0 aliphatic carbocycles. The molecule has 8 heteroatoms. The maximum absolute atomic E-state index is 12.5. The highest BCUT2D eigenvalue weighted by atomic mass is 32.2. The number of hydrogen-bond acceptors (Lipinski definition) is 6. The predicted molar refractivity (Wildman–Crippen MR) is 116 cm³/mol. The number of nitrogens with one attached hydrogen (secondary N) is 1. The van der Waals surface area contributed by atoms with Crippen molar-refractivity contribution in [3.8, 4) is 0 Å². The third-order valence-corrected chi connectivity index (χ3v) is 6.21. The number of benzene rings is 2. The molecule has 1 heterocycles. The fraction of sp³-hybridized carbons (Fsp3) is 0.238. The third kappa shape index (κ3) is 5.96. The summed E-state index contributed by atoms with van der Waals surface area (Å²) in [5.41, 5.74) is 1.59. The summed E-state index contributed by atoms with van der Waals surface area (Å²) in [5, 5.41) is 1.72. The molecule has 0 aliphatic heterocycles. The van der Waals surface area contributed by atoms with Crippen LogP contribution in [-0.2, 0) is 26.2 Å². The van der Waals surface area contributed by atoms with Crippen LogP contribution in [0.1, 0.15) is 24.4 Å². The second kappa shape index (κ2) is 9.30. The zero-order valence-electron chi connectivity index (χ0n) is 16.1. The number of sulfonamides is 1. The van der Waals surface area contributed by atoms with E-state index < -0.39 is 22.0 Å². The molecule has 0 aliphatic rings. The number of esters is 1. The topological polar surface area (TPSA) is 85.4 Å². The molecule has 3 aromatic rings. The monoisotopic (exact) mass is 430 g/mol. The van der Waals surface area contributed by atoms with Crippen LogP contribution < -0.4 is 4.72 Å². The van der Waals surface area contributed by atoms with Gasteiger partial charge in [0.15, 0.2) is 0 Å². The molecule has 29 heavy (non-hydrogen) atoms. The van der Waals surface area contributed by atoms with Gasteiger partial charge in [0.05, 0.1) is 10.2 Å². The molecule has 3 rings (SSSR count). The zero-order chi connectivity index (χ0) is 20.9. The highest BCUT2D eigenvalue weighted by molar-refractivity contribution is 7.92. The number of carbonyl (C=O) groups excluding carboxylic acids is 1. The Labute approximate surface area is 174 Å². The van der Waals surface area contributed by atoms with E-state index in [0.29, 0.717) is 5.01 Å². The number of thiazole rings is 1. The molecular weight excluding hydrogens is 408 g/mol. The standard InChI is InChI=1S/C21H22N2O4S2/c1-15(2)20(23-29(25,26)13-12-16-8-4-3-5-9-16)21(24)27-14-19-22-17-10-6-7-11-18(17)28-19/h3-13,15,20,23H,14H2,1-2H3/b13-12+. The van der Waals surface area contributed by atoms with Gasteiger partial charge in [0, 0.05) is 5.41 Å². The molecule has 6 nitrogen and oxygen atoms in total. The molecule has 0 amide bonds. The summed E-state index contributed by atoms with van der Waals surface area (Å²) in [7, 11) is -3.82. The number of nitrogens with zero attached hydrogens (tertiary/aromatic N) is 1. The minimum absolute atomic E-state index is 0.00296. The Hall–Kier alpha value is -2.55. The van der Waals surface area contributed by atoms with Crippen molar-refractivity contribution < 1.29 is 17.9 Å². The second-order valence-corrected chi connectivity index (χ2v) is 9.49. The Kier molecular flexibility index (Phi) is 6.79. The van der Waals surface area contributed by atoms with Gasteiger partial charge in [0.1, 0.15) is 17.7 Å². The average molecular weight is 431 g/mol. The first kappa shape index (κ1) is 21.2. The number of aromatic nitrogens is 1. The Morgan fingerprint density at radius 1 is 1.14 bits per heavy atom. The van der Waals surface area contributed by atoms with Crippen LogP contribution in [0.4, 0.5) is 0 Å². The molecule has 0 fully saturated rings. The molecule has 1 unspecified atom stereocenters. The average Bonchev–Trinajstić information content (AvgIpc) is 3.12. The van der Waals surface area contributed by atoms with Crippen LogP contribution in [0.5, 0.6) is 0 Å². The van der Waals surface area contributed by atoms with Gasteiger partial charge in [0.2, 0.25) is 10.0 Å². The smallest absolute Gasteiger partial charge is 0.324 e. The molecule has 0 spiro atoms. The highest BCUT2D eigenvalue weighted by Crippen LogP contribution is 2.22. The van der Waals surface area contributed by atoms with Gasteiger partial charge >= 0.3 is 5.97 Å². The van der Waals surface area contributed by atoms with Gasteiger partial charge in [-0.2, -0.15) is 4.72 Å². The SMILES string of the molecule is CC(C)C(NS(=O)(=O)/C=C/c1ccccc1)C(=O)OCc1nc2ccccc2s1. The Morgan fingerprint density at radius 2 is 1.83 bits per heavy atom. The number of ether oxygens (including phenoxy) is 1. The van der Waals surface area contributed by atoms with Gasteiger partial charge in [-0.25, -0.2) is 13.4 Å². The van der Waals surface area contributed by atoms with Crippen molar-refractivity contribution in [1.82, 2.24) is 9.71 Å². The molecule has 0 radical (unpaired) electrons. The van der Waals surface area contributed by atoms with Crippen molar-refractivity contribution in [1.29, 1.82) is 0 Å². The maximum Gasteiger partial charge on any atom is 0.324 e. The Morgan fingerprint density at radius 3 is 2.52 bits per heavy atom. The lowest BCUT2D eigenvalue weighted by Gasteiger charge is -2.19. The molecule has 2 aromatic carbocycles. The largest absolute Gasteiger partial charge is 0.457 e. The summed E-state index contributed by atoms with van der Waals surface area (Å²) in [6, 6.07) is 15.7. The van der Waals surface area contributed by atoms with Crippen molar-refractivity contribution in [2.75, 3.05) is 0 Å². The molecule has 152 valence electrons. The lowest BCUT2D eigenvalue weighted by molar-refractivity contribution is -0.148. The lowest BCUT2D eigenvalue weighted by atomic mass is 10.1. The highest BCUT2D eigenvalue weighted by Gasteiger charge is 2.28. The molecule has 0 saturated carbocycles. The van der Waals surface area contributed by atoms with E-state index in [-0.39, 0.29) is 12.5 Å². The van der Waals surface area contributed by atoms with Crippen LogP contribution in [0.25, 0.3) is 16.3 Å². The molecule has 1 aromatic heterocycles. The van der Waals surface area contributed by atoms with Crippen molar-refractivity contribution >= 4 is 43.6 Å².